The molecule has 1 aromatic carbocycles. The average Bonchev–Trinajstić information content (AvgIpc) is 3.01. The Morgan fingerprint density at radius 1 is 1.20 bits per heavy atom. The molecule has 2 aromatic rings. The SMILES string of the molecule is C/C=C(\C=C(/C)O)C(=O)c1ccc(-c2ccc(O)c(C(F)(F)F)c2)s1. The number of hydrogen-bond acceptors (Lipinski definition) is 4. The van der Waals surface area contributed by atoms with Crippen molar-refractivity contribution in [1.82, 2.24) is 0 Å². The summed E-state index contributed by atoms with van der Waals surface area (Å²) in [5, 5.41) is 18.7. The van der Waals surface area contributed by atoms with Crippen molar-refractivity contribution < 1.29 is 28.2 Å². The molecule has 3 nitrogen and oxygen atoms in total. The van der Waals surface area contributed by atoms with E-state index in [1.807, 2.05) is 0 Å². The van der Waals surface area contributed by atoms with Crippen molar-refractivity contribution in [1.29, 1.82) is 0 Å². The molecule has 7 heteroatoms. The van der Waals surface area contributed by atoms with E-state index in [9.17, 15) is 28.2 Å². The number of alkyl halides is 3. The molecule has 0 fully saturated rings. The molecule has 0 saturated heterocycles. The molecule has 0 aliphatic carbocycles. The van der Waals surface area contributed by atoms with Gasteiger partial charge in [-0.25, -0.2) is 0 Å². The van der Waals surface area contributed by atoms with Gasteiger partial charge in [0.25, 0.3) is 0 Å². The summed E-state index contributed by atoms with van der Waals surface area (Å²) in [7, 11) is 0. The molecule has 25 heavy (non-hydrogen) atoms. The minimum absolute atomic E-state index is 0.0217. The first-order valence-corrected chi connectivity index (χ1v) is 8.04. The standard InChI is InChI=1S/C18H15F3O3S/c1-3-11(8-10(2)22)17(24)16-7-6-15(25-16)12-4-5-14(23)13(9-12)18(19,20)21/h3-9,22-23H,1-2H3/b10-8+,11-3+. The van der Waals surface area contributed by atoms with E-state index in [1.165, 1.54) is 25.1 Å². The number of Topliss-reactive ketones (excluding diaryl/α,β-unsaturated/α-hetero) is 1. The summed E-state index contributed by atoms with van der Waals surface area (Å²) in [4.78, 5) is 13.2. The number of aliphatic hydroxyl groups is 1. The maximum atomic E-state index is 12.9. The Morgan fingerprint density at radius 3 is 2.44 bits per heavy atom. The molecule has 1 aromatic heterocycles. The fourth-order valence-electron chi connectivity index (χ4n) is 2.18. The van der Waals surface area contributed by atoms with Crippen LogP contribution in [0.2, 0.25) is 0 Å². The number of phenolic OH excluding ortho intramolecular Hbond substituents is 1. The van der Waals surface area contributed by atoms with Crippen molar-refractivity contribution in [2.45, 2.75) is 20.0 Å². The van der Waals surface area contributed by atoms with Crippen LogP contribution in [0.15, 0.2) is 53.8 Å². The molecule has 2 N–H and O–H groups in total. The molecule has 2 rings (SSSR count). The lowest BCUT2D eigenvalue weighted by atomic mass is 10.1. The number of halogens is 3. The first-order valence-electron chi connectivity index (χ1n) is 7.22. The Balaban J connectivity index is 2.40. The van der Waals surface area contributed by atoms with Crippen molar-refractivity contribution in [3.05, 3.63) is 64.3 Å². The van der Waals surface area contributed by atoms with Gasteiger partial charge >= 0.3 is 6.18 Å². The maximum absolute atomic E-state index is 12.9. The lowest BCUT2D eigenvalue weighted by molar-refractivity contribution is -0.138. The van der Waals surface area contributed by atoms with Crippen molar-refractivity contribution in [3.8, 4) is 16.2 Å². The third-order valence-electron chi connectivity index (χ3n) is 3.35. The molecule has 0 aliphatic heterocycles. The summed E-state index contributed by atoms with van der Waals surface area (Å²) < 4.78 is 38.7. The van der Waals surface area contributed by atoms with E-state index in [1.54, 1.807) is 19.1 Å². The Morgan fingerprint density at radius 2 is 1.88 bits per heavy atom. The largest absolute Gasteiger partial charge is 0.513 e. The summed E-state index contributed by atoms with van der Waals surface area (Å²) in [5.74, 6) is -1.20. The highest BCUT2D eigenvalue weighted by Gasteiger charge is 2.34. The van der Waals surface area contributed by atoms with Crippen LogP contribution in [-0.2, 0) is 6.18 Å². The van der Waals surface area contributed by atoms with Crippen molar-refractivity contribution in [3.63, 3.8) is 0 Å². The Labute approximate surface area is 146 Å². The molecule has 0 spiro atoms. The van der Waals surface area contributed by atoms with Gasteiger partial charge in [-0.1, -0.05) is 6.08 Å². The van der Waals surface area contributed by atoms with Crippen LogP contribution in [0.1, 0.15) is 29.1 Å². The quantitative estimate of drug-likeness (QED) is 0.314. The van der Waals surface area contributed by atoms with E-state index in [-0.39, 0.29) is 22.7 Å². The Bertz CT molecular complexity index is 857. The number of aliphatic hydroxyl groups excluding tert-OH is 1. The van der Waals surface area contributed by atoms with Gasteiger partial charge in [0.15, 0.2) is 0 Å². The van der Waals surface area contributed by atoms with E-state index in [2.05, 4.69) is 0 Å². The van der Waals surface area contributed by atoms with Crippen molar-refractivity contribution >= 4 is 17.1 Å². The molecule has 0 radical (unpaired) electrons. The van der Waals surface area contributed by atoms with Gasteiger partial charge in [-0.15, -0.1) is 11.3 Å². The van der Waals surface area contributed by atoms with Crippen LogP contribution in [0.5, 0.6) is 5.75 Å². The topological polar surface area (TPSA) is 57.5 Å². The second-order valence-corrected chi connectivity index (χ2v) is 6.34. The molecule has 1 heterocycles. The van der Waals surface area contributed by atoms with Gasteiger partial charge in [0, 0.05) is 10.5 Å². The lowest BCUT2D eigenvalue weighted by Gasteiger charge is -2.10. The van der Waals surface area contributed by atoms with Crippen LogP contribution >= 0.6 is 11.3 Å². The predicted octanol–water partition coefficient (Wildman–Crippen LogP) is 5.73. The third-order valence-corrected chi connectivity index (χ3v) is 4.49. The number of ketones is 1. The highest BCUT2D eigenvalue weighted by Crippen LogP contribution is 2.39. The lowest BCUT2D eigenvalue weighted by Crippen LogP contribution is -2.05. The molecule has 0 atom stereocenters. The maximum Gasteiger partial charge on any atom is 0.419 e. The second-order valence-electron chi connectivity index (χ2n) is 5.25. The van der Waals surface area contributed by atoms with E-state index < -0.39 is 17.5 Å². The summed E-state index contributed by atoms with van der Waals surface area (Å²) in [6.45, 7) is 3.09. The zero-order valence-electron chi connectivity index (χ0n) is 13.4. The molecule has 0 unspecified atom stereocenters. The first kappa shape index (κ1) is 18.8. The van der Waals surface area contributed by atoms with Crippen LogP contribution in [0.3, 0.4) is 0 Å². The molecular formula is C18H15F3O3S. The molecule has 0 amide bonds. The summed E-state index contributed by atoms with van der Waals surface area (Å²) in [5.41, 5.74) is -0.584. The van der Waals surface area contributed by atoms with E-state index in [0.717, 1.165) is 23.5 Å². The normalized spacial score (nSPS) is 13.2. The number of carbonyl (C=O) groups is 1. The smallest absolute Gasteiger partial charge is 0.419 e. The minimum Gasteiger partial charge on any atom is -0.513 e. The van der Waals surface area contributed by atoms with E-state index in [4.69, 9.17) is 0 Å². The number of phenols is 1. The number of benzene rings is 1. The van der Waals surface area contributed by atoms with Crippen molar-refractivity contribution in [2.24, 2.45) is 0 Å². The second kappa shape index (κ2) is 7.14. The molecular weight excluding hydrogens is 353 g/mol. The average molecular weight is 368 g/mol. The first-order chi connectivity index (χ1) is 11.6. The fourth-order valence-corrected chi connectivity index (χ4v) is 3.14. The number of allylic oxidation sites excluding steroid dienone is 4. The zero-order valence-corrected chi connectivity index (χ0v) is 14.2. The molecule has 132 valence electrons. The monoisotopic (exact) mass is 368 g/mol. The van der Waals surface area contributed by atoms with E-state index >= 15 is 0 Å². The van der Waals surface area contributed by atoms with Gasteiger partial charge in [-0.2, -0.15) is 13.2 Å². The molecule has 0 bridgehead atoms. The molecule has 0 saturated carbocycles. The summed E-state index contributed by atoms with van der Waals surface area (Å²) in [6, 6.07) is 6.26. The number of thiophene rings is 1. The molecule has 0 aliphatic rings. The highest BCUT2D eigenvalue weighted by molar-refractivity contribution is 7.17. The number of rotatable bonds is 4. The van der Waals surface area contributed by atoms with Gasteiger partial charge in [-0.3, -0.25) is 4.79 Å². The zero-order chi connectivity index (χ0) is 18.8. The third kappa shape index (κ3) is 4.30. The van der Waals surface area contributed by atoms with Gasteiger partial charge < -0.3 is 10.2 Å². The Kier molecular flexibility index (Phi) is 5.37. The fraction of sp³-hybridized carbons (Fsp3) is 0.167. The van der Waals surface area contributed by atoms with Crippen LogP contribution in [0, 0.1) is 0 Å². The number of hydrogen-bond donors (Lipinski definition) is 2. The number of aromatic hydroxyl groups is 1. The minimum atomic E-state index is -4.67. The number of carbonyl (C=O) groups excluding carboxylic acids is 1. The van der Waals surface area contributed by atoms with Gasteiger partial charge in [0.2, 0.25) is 5.78 Å². The van der Waals surface area contributed by atoms with Crippen molar-refractivity contribution in [2.75, 3.05) is 0 Å². The van der Waals surface area contributed by atoms with Crippen LogP contribution < -0.4 is 0 Å². The van der Waals surface area contributed by atoms with Crippen LogP contribution in [-0.4, -0.2) is 16.0 Å². The Hall–Kier alpha value is -2.54. The van der Waals surface area contributed by atoms with Gasteiger partial charge in [0.05, 0.1) is 16.2 Å². The van der Waals surface area contributed by atoms with Gasteiger partial charge in [0.1, 0.15) is 5.75 Å². The van der Waals surface area contributed by atoms with Crippen LogP contribution in [0.4, 0.5) is 13.2 Å². The highest BCUT2D eigenvalue weighted by atomic mass is 32.1. The van der Waals surface area contributed by atoms with Gasteiger partial charge in [-0.05, 0) is 55.8 Å². The van der Waals surface area contributed by atoms with E-state index in [0.29, 0.717) is 9.75 Å². The summed E-state index contributed by atoms with van der Waals surface area (Å²) >= 11 is 1.04. The predicted molar refractivity (Wildman–Crippen MR) is 90.9 cm³/mol. The van der Waals surface area contributed by atoms with Crippen LogP contribution in [0.25, 0.3) is 10.4 Å². The summed E-state index contributed by atoms with van der Waals surface area (Å²) in [6.07, 6.45) is -1.80.